The molecule has 3 aromatic rings. The van der Waals surface area contributed by atoms with E-state index in [9.17, 15) is 4.79 Å². The number of esters is 1. The number of carbonyl (C=O) groups excluding carboxylic acids is 1. The van der Waals surface area contributed by atoms with Crippen LogP contribution in [0.2, 0.25) is 0 Å². The Kier molecular flexibility index (Phi) is 5.43. The first-order valence-corrected chi connectivity index (χ1v) is 8.94. The highest BCUT2D eigenvalue weighted by atomic mass is 79.9. The van der Waals surface area contributed by atoms with Crippen molar-refractivity contribution in [3.8, 4) is 5.75 Å². The smallest absolute Gasteiger partial charge is 0.310 e. The molecular weight excluding hydrogens is 384 g/mol. The maximum Gasteiger partial charge on any atom is 0.310 e. The van der Waals surface area contributed by atoms with Crippen molar-refractivity contribution >= 4 is 32.9 Å². The van der Waals surface area contributed by atoms with Gasteiger partial charge in [0, 0.05) is 10.9 Å². The van der Waals surface area contributed by atoms with Crippen LogP contribution in [0.15, 0.2) is 57.6 Å². The highest BCUT2D eigenvalue weighted by Gasteiger charge is 2.15. The van der Waals surface area contributed by atoms with E-state index < -0.39 is 0 Å². The van der Waals surface area contributed by atoms with Crippen LogP contribution in [0.4, 0.5) is 0 Å². The number of para-hydroxylation sites is 1. The Morgan fingerprint density at radius 2 is 2.04 bits per heavy atom. The molecule has 0 bridgehead atoms. The number of halogens is 1. The largest absolute Gasteiger partial charge is 0.486 e. The second-order valence-electron chi connectivity index (χ2n) is 5.69. The van der Waals surface area contributed by atoms with E-state index in [4.69, 9.17) is 13.9 Å². The van der Waals surface area contributed by atoms with Gasteiger partial charge < -0.3 is 13.9 Å². The first-order valence-electron chi connectivity index (χ1n) is 8.15. The summed E-state index contributed by atoms with van der Waals surface area (Å²) in [5.41, 5.74) is 2.65. The minimum atomic E-state index is -0.256. The van der Waals surface area contributed by atoms with Crippen LogP contribution in [-0.4, -0.2) is 12.6 Å². The summed E-state index contributed by atoms with van der Waals surface area (Å²) in [5.74, 6) is 0.431. The number of benzene rings is 2. The van der Waals surface area contributed by atoms with Crippen LogP contribution in [-0.2, 0) is 16.0 Å². The molecule has 1 aromatic heterocycles. The maximum absolute atomic E-state index is 11.8. The molecule has 1 heterocycles. The van der Waals surface area contributed by atoms with E-state index in [0.717, 1.165) is 26.6 Å². The number of rotatable bonds is 6. The summed E-state index contributed by atoms with van der Waals surface area (Å²) < 4.78 is 17.5. The van der Waals surface area contributed by atoms with Crippen LogP contribution < -0.4 is 4.74 Å². The fourth-order valence-electron chi connectivity index (χ4n) is 2.69. The Hall–Kier alpha value is -2.27. The molecule has 0 saturated heterocycles. The van der Waals surface area contributed by atoms with Crippen molar-refractivity contribution in [2.24, 2.45) is 0 Å². The van der Waals surface area contributed by atoms with Crippen LogP contribution in [0.25, 0.3) is 11.0 Å². The van der Waals surface area contributed by atoms with Crippen molar-refractivity contribution in [3.05, 3.63) is 64.3 Å². The van der Waals surface area contributed by atoms with E-state index in [-0.39, 0.29) is 18.5 Å². The average Bonchev–Trinajstić information content (AvgIpc) is 3.06. The van der Waals surface area contributed by atoms with E-state index in [1.807, 2.05) is 49.4 Å². The topological polar surface area (TPSA) is 48.7 Å². The van der Waals surface area contributed by atoms with Gasteiger partial charge in [-0.1, -0.05) is 18.2 Å². The monoisotopic (exact) mass is 402 g/mol. The van der Waals surface area contributed by atoms with Crippen LogP contribution >= 0.6 is 15.9 Å². The number of carbonyl (C=O) groups is 1. The molecule has 2 aromatic carbocycles. The fourth-order valence-corrected chi connectivity index (χ4v) is 3.27. The molecule has 4 nitrogen and oxygen atoms in total. The van der Waals surface area contributed by atoms with Gasteiger partial charge in [-0.15, -0.1) is 0 Å². The molecule has 0 aliphatic heterocycles. The third kappa shape index (κ3) is 4.04. The van der Waals surface area contributed by atoms with Gasteiger partial charge >= 0.3 is 5.97 Å². The molecular formula is C20H19BrO4. The molecule has 0 saturated carbocycles. The Morgan fingerprint density at radius 3 is 2.84 bits per heavy atom. The van der Waals surface area contributed by atoms with Crippen molar-refractivity contribution < 1.29 is 18.7 Å². The summed E-state index contributed by atoms with van der Waals surface area (Å²) >= 11 is 3.53. The highest BCUT2D eigenvalue weighted by Crippen LogP contribution is 2.32. The lowest BCUT2D eigenvalue weighted by atomic mass is 10.1. The van der Waals surface area contributed by atoms with Gasteiger partial charge in [-0.25, -0.2) is 0 Å². The van der Waals surface area contributed by atoms with E-state index in [0.29, 0.717) is 12.4 Å². The Morgan fingerprint density at radius 1 is 1.24 bits per heavy atom. The van der Waals surface area contributed by atoms with E-state index in [1.54, 1.807) is 13.2 Å². The van der Waals surface area contributed by atoms with Gasteiger partial charge in [-0.05, 0) is 59.6 Å². The molecule has 0 amide bonds. The average molecular weight is 403 g/mol. The van der Waals surface area contributed by atoms with Crippen LogP contribution in [0, 0.1) is 0 Å². The quantitative estimate of drug-likeness (QED) is 0.515. The lowest BCUT2D eigenvalue weighted by Gasteiger charge is -2.18. The zero-order valence-electron chi connectivity index (χ0n) is 14.1. The molecule has 3 rings (SSSR count). The zero-order valence-corrected chi connectivity index (χ0v) is 15.7. The molecule has 0 N–H and O–H groups in total. The molecule has 0 radical (unpaired) electrons. The summed E-state index contributed by atoms with van der Waals surface area (Å²) in [6, 6.07) is 13.5. The maximum atomic E-state index is 11.8. The van der Waals surface area contributed by atoms with Gasteiger partial charge in [0.05, 0.1) is 23.8 Å². The van der Waals surface area contributed by atoms with Gasteiger partial charge in [0.2, 0.25) is 0 Å². The Balaban J connectivity index is 1.82. The van der Waals surface area contributed by atoms with Gasteiger partial charge in [0.25, 0.3) is 0 Å². The van der Waals surface area contributed by atoms with Gasteiger partial charge in [-0.2, -0.15) is 0 Å². The Bertz CT molecular complexity index is 884. The van der Waals surface area contributed by atoms with Crippen molar-refractivity contribution in [1.29, 1.82) is 0 Å². The molecule has 25 heavy (non-hydrogen) atoms. The van der Waals surface area contributed by atoms with Gasteiger partial charge in [0.15, 0.2) is 0 Å². The summed E-state index contributed by atoms with van der Waals surface area (Å²) in [4.78, 5) is 11.8. The van der Waals surface area contributed by atoms with Crippen LogP contribution in [0.5, 0.6) is 5.75 Å². The number of hydrogen-bond donors (Lipinski definition) is 0. The third-order valence-corrected chi connectivity index (χ3v) is 4.50. The second-order valence-corrected chi connectivity index (χ2v) is 6.55. The molecule has 5 heteroatoms. The van der Waals surface area contributed by atoms with Gasteiger partial charge in [0.1, 0.15) is 17.4 Å². The number of ether oxygens (including phenoxy) is 2. The predicted molar refractivity (Wildman–Crippen MR) is 99.7 cm³/mol. The normalized spacial score (nSPS) is 12.1. The third-order valence-electron chi connectivity index (χ3n) is 3.91. The van der Waals surface area contributed by atoms with E-state index in [2.05, 4.69) is 15.9 Å². The minimum absolute atomic E-state index is 0.182. The second kappa shape index (κ2) is 7.74. The molecule has 0 fully saturated rings. The van der Waals surface area contributed by atoms with Crippen LogP contribution in [0.1, 0.15) is 31.1 Å². The standard InChI is InChI=1S/C20H19BrO4/c1-3-23-19(22)12-14-6-4-5-7-18(14)25-13(2)16-10-15-8-9-24-20(15)17(21)11-16/h4-11,13H,3,12H2,1-2H3. The highest BCUT2D eigenvalue weighted by molar-refractivity contribution is 9.10. The van der Waals surface area contributed by atoms with Crippen molar-refractivity contribution in [1.82, 2.24) is 0 Å². The van der Waals surface area contributed by atoms with E-state index in [1.165, 1.54) is 0 Å². The van der Waals surface area contributed by atoms with Gasteiger partial charge in [-0.3, -0.25) is 4.79 Å². The summed E-state index contributed by atoms with van der Waals surface area (Å²) in [5, 5.41) is 1.01. The minimum Gasteiger partial charge on any atom is -0.486 e. The first-order chi connectivity index (χ1) is 12.1. The molecule has 1 unspecified atom stereocenters. The first kappa shape index (κ1) is 17.5. The van der Waals surface area contributed by atoms with E-state index >= 15 is 0 Å². The lowest BCUT2D eigenvalue weighted by Crippen LogP contribution is -2.10. The number of fused-ring (bicyclic) bond motifs is 1. The molecule has 130 valence electrons. The SMILES string of the molecule is CCOC(=O)Cc1ccccc1OC(C)c1cc(Br)c2occc2c1. The summed E-state index contributed by atoms with van der Waals surface area (Å²) in [6.45, 7) is 4.15. The molecule has 1 atom stereocenters. The summed E-state index contributed by atoms with van der Waals surface area (Å²) in [7, 11) is 0. The number of hydrogen-bond acceptors (Lipinski definition) is 4. The lowest BCUT2D eigenvalue weighted by molar-refractivity contribution is -0.142. The predicted octanol–water partition coefficient (Wildman–Crippen LogP) is 5.44. The fraction of sp³-hybridized carbons (Fsp3) is 0.250. The van der Waals surface area contributed by atoms with Crippen molar-refractivity contribution in [2.45, 2.75) is 26.4 Å². The Labute approximate surface area is 154 Å². The van der Waals surface area contributed by atoms with Crippen molar-refractivity contribution in [2.75, 3.05) is 6.61 Å². The summed E-state index contributed by atoms with van der Waals surface area (Å²) in [6.07, 6.45) is 1.68. The van der Waals surface area contributed by atoms with Crippen molar-refractivity contribution in [3.63, 3.8) is 0 Å². The molecule has 0 aliphatic rings. The molecule has 0 spiro atoms. The number of furan rings is 1. The zero-order chi connectivity index (χ0) is 17.8. The molecule has 0 aliphatic carbocycles. The van der Waals surface area contributed by atoms with Crippen LogP contribution in [0.3, 0.4) is 0 Å².